The summed E-state index contributed by atoms with van der Waals surface area (Å²) in [6.45, 7) is 5.35. The van der Waals surface area contributed by atoms with Gasteiger partial charge >= 0.3 is 0 Å². The first-order valence-corrected chi connectivity index (χ1v) is 8.52. The van der Waals surface area contributed by atoms with Crippen LogP contribution in [0.5, 0.6) is 11.5 Å². The van der Waals surface area contributed by atoms with Gasteiger partial charge in [-0.3, -0.25) is 0 Å². The normalized spacial score (nSPS) is 12.2. The third-order valence-electron chi connectivity index (χ3n) is 3.53. The molecule has 2 aromatic rings. The topological polar surface area (TPSA) is 81.8 Å². The molecule has 6 nitrogen and oxygen atoms in total. The number of hydrogen-bond donors (Lipinski definition) is 2. The van der Waals surface area contributed by atoms with Gasteiger partial charge in [0.25, 0.3) is 0 Å². The van der Waals surface area contributed by atoms with Gasteiger partial charge in [-0.15, -0.1) is 35.3 Å². The molecular weight excluding hydrogens is 451 g/mol. The second-order valence-corrected chi connectivity index (χ2v) is 6.75. The Hall–Kier alpha value is -1.55. The van der Waals surface area contributed by atoms with E-state index in [1.807, 2.05) is 24.4 Å². The van der Waals surface area contributed by atoms with Crippen LogP contribution in [0.4, 0.5) is 0 Å². The van der Waals surface area contributed by atoms with Crippen molar-refractivity contribution in [3.63, 3.8) is 0 Å². The summed E-state index contributed by atoms with van der Waals surface area (Å²) in [4.78, 5) is 9.98. The number of thiazole rings is 1. The number of nitrogens with two attached hydrogens (primary N) is 1. The Morgan fingerprint density at radius 1 is 1.32 bits per heavy atom. The summed E-state index contributed by atoms with van der Waals surface area (Å²) in [7, 11) is 3.23. The Morgan fingerprint density at radius 3 is 2.64 bits per heavy atom. The minimum Gasteiger partial charge on any atom is -0.493 e. The van der Waals surface area contributed by atoms with Gasteiger partial charge in [0.15, 0.2) is 17.5 Å². The highest BCUT2D eigenvalue weighted by molar-refractivity contribution is 14.0. The number of halogens is 1. The van der Waals surface area contributed by atoms with Crippen LogP contribution in [0.25, 0.3) is 0 Å². The fraction of sp³-hybridized carbons (Fsp3) is 0.412. The molecule has 0 saturated carbocycles. The van der Waals surface area contributed by atoms with Crippen molar-refractivity contribution in [1.82, 2.24) is 10.3 Å². The molecule has 1 atom stereocenters. The fourth-order valence-corrected chi connectivity index (χ4v) is 2.98. The molecule has 0 aliphatic carbocycles. The van der Waals surface area contributed by atoms with Crippen LogP contribution in [0, 0.1) is 6.92 Å². The number of benzene rings is 1. The molecule has 3 N–H and O–H groups in total. The SMILES string of the molecule is COc1ccc(CN=C(N)NCC(C)c2ncc(C)s2)cc1OC.I. The first kappa shape index (κ1) is 21.5. The lowest BCUT2D eigenvalue weighted by Gasteiger charge is -2.11. The minimum absolute atomic E-state index is 0. The third kappa shape index (κ3) is 6.35. The van der Waals surface area contributed by atoms with Gasteiger partial charge in [-0.1, -0.05) is 13.0 Å². The van der Waals surface area contributed by atoms with Crippen LogP contribution in [0.3, 0.4) is 0 Å². The van der Waals surface area contributed by atoms with Gasteiger partial charge < -0.3 is 20.5 Å². The van der Waals surface area contributed by atoms with Gasteiger partial charge in [-0.05, 0) is 24.6 Å². The highest BCUT2D eigenvalue weighted by Crippen LogP contribution is 2.27. The smallest absolute Gasteiger partial charge is 0.188 e. The van der Waals surface area contributed by atoms with E-state index in [-0.39, 0.29) is 24.0 Å². The monoisotopic (exact) mass is 476 g/mol. The first-order chi connectivity index (χ1) is 11.5. The number of aryl methyl sites for hydroxylation is 1. The highest BCUT2D eigenvalue weighted by atomic mass is 127. The van der Waals surface area contributed by atoms with Crippen molar-refractivity contribution in [3.05, 3.63) is 39.8 Å². The molecule has 0 bridgehead atoms. The van der Waals surface area contributed by atoms with Crippen LogP contribution in [0.15, 0.2) is 29.4 Å². The Bertz CT molecular complexity index is 706. The van der Waals surface area contributed by atoms with Crippen molar-refractivity contribution in [2.45, 2.75) is 26.3 Å². The second kappa shape index (κ2) is 10.4. The number of guanidine groups is 1. The van der Waals surface area contributed by atoms with E-state index in [1.54, 1.807) is 25.6 Å². The van der Waals surface area contributed by atoms with Crippen LogP contribution < -0.4 is 20.5 Å². The number of nitrogens with zero attached hydrogens (tertiary/aromatic N) is 2. The van der Waals surface area contributed by atoms with E-state index in [0.29, 0.717) is 36.5 Å². The lowest BCUT2D eigenvalue weighted by atomic mass is 10.2. The van der Waals surface area contributed by atoms with E-state index in [4.69, 9.17) is 15.2 Å². The largest absolute Gasteiger partial charge is 0.493 e. The summed E-state index contributed by atoms with van der Waals surface area (Å²) >= 11 is 1.71. The average molecular weight is 476 g/mol. The predicted octanol–water partition coefficient (Wildman–Crippen LogP) is 3.29. The molecule has 1 aromatic carbocycles. The molecule has 25 heavy (non-hydrogen) atoms. The molecule has 138 valence electrons. The van der Waals surface area contributed by atoms with Crippen molar-refractivity contribution in [2.24, 2.45) is 10.7 Å². The summed E-state index contributed by atoms with van der Waals surface area (Å²) in [5.74, 6) is 2.09. The van der Waals surface area contributed by atoms with E-state index in [1.165, 1.54) is 4.88 Å². The predicted molar refractivity (Wildman–Crippen MR) is 114 cm³/mol. The molecule has 0 fully saturated rings. The van der Waals surface area contributed by atoms with Crippen LogP contribution in [0.1, 0.15) is 28.3 Å². The van der Waals surface area contributed by atoms with Crippen molar-refractivity contribution in [2.75, 3.05) is 20.8 Å². The van der Waals surface area contributed by atoms with Crippen LogP contribution in [-0.4, -0.2) is 31.7 Å². The molecule has 2 rings (SSSR count). The van der Waals surface area contributed by atoms with Crippen molar-refractivity contribution in [3.8, 4) is 11.5 Å². The number of aliphatic imine (C=N–C) groups is 1. The molecule has 1 heterocycles. The lowest BCUT2D eigenvalue weighted by Crippen LogP contribution is -2.34. The average Bonchev–Trinajstić information content (AvgIpc) is 3.04. The zero-order valence-corrected chi connectivity index (χ0v) is 18.1. The fourth-order valence-electron chi connectivity index (χ4n) is 2.16. The molecular formula is C17H25IN4O2S. The zero-order valence-electron chi connectivity index (χ0n) is 14.9. The quantitative estimate of drug-likeness (QED) is 0.364. The van der Waals surface area contributed by atoms with Crippen LogP contribution >= 0.6 is 35.3 Å². The minimum atomic E-state index is 0. The van der Waals surface area contributed by atoms with Crippen molar-refractivity contribution in [1.29, 1.82) is 0 Å². The first-order valence-electron chi connectivity index (χ1n) is 7.70. The Labute approximate surface area is 169 Å². The van der Waals surface area contributed by atoms with E-state index >= 15 is 0 Å². The van der Waals surface area contributed by atoms with E-state index in [0.717, 1.165) is 10.6 Å². The molecule has 0 amide bonds. The van der Waals surface area contributed by atoms with E-state index < -0.39 is 0 Å². The highest BCUT2D eigenvalue weighted by Gasteiger charge is 2.09. The molecule has 0 aliphatic rings. The molecule has 1 unspecified atom stereocenters. The summed E-state index contributed by atoms with van der Waals surface area (Å²) in [5.41, 5.74) is 6.95. The number of aromatic nitrogens is 1. The number of nitrogens with one attached hydrogen (secondary N) is 1. The number of methoxy groups -OCH3 is 2. The Kier molecular flexibility index (Phi) is 8.98. The molecule has 0 aliphatic heterocycles. The number of ether oxygens (including phenoxy) is 2. The summed E-state index contributed by atoms with van der Waals surface area (Å²) in [6.07, 6.45) is 1.89. The van der Waals surface area contributed by atoms with E-state index in [9.17, 15) is 0 Å². The van der Waals surface area contributed by atoms with Gasteiger partial charge in [0.05, 0.1) is 25.8 Å². The second-order valence-electron chi connectivity index (χ2n) is 5.48. The number of rotatable bonds is 7. The molecule has 0 spiro atoms. The molecule has 8 heteroatoms. The summed E-state index contributed by atoms with van der Waals surface area (Å²) in [6, 6.07) is 5.70. The van der Waals surface area contributed by atoms with Crippen molar-refractivity contribution >= 4 is 41.3 Å². The van der Waals surface area contributed by atoms with Crippen LogP contribution in [0.2, 0.25) is 0 Å². The zero-order chi connectivity index (χ0) is 17.5. The van der Waals surface area contributed by atoms with Crippen LogP contribution in [-0.2, 0) is 6.54 Å². The van der Waals surface area contributed by atoms with Gasteiger partial charge in [-0.2, -0.15) is 0 Å². The third-order valence-corrected chi connectivity index (χ3v) is 4.67. The summed E-state index contributed by atoms with van der Waals surface area (Å²) in [5, 5.41) is 4.25. The maximum absolute atomic E-state index is 5.95. The lowest BCUT2D eigenvalue weighted by molar-refractivity contribution is 0.354. The summed E-state index contributed by atoms with van der Waals surface area (Å²) < 4.78 is 10.5. The van der Waals surface area contributed by atoms with Gasteiger partial charge in [-0.25, -0.2) is 9.98 Å². The van der Waals surface area contributed by atoms with Gasteiger partial charge in [0.2, 0.25) is 0 Å². The Balaban J connectivity index is 0.00000312. The van der Waals surface area contributed by atoms with Crippen molar-refractivity contribution < 1.29 is 9.47 Å². The molecule has 1 aromatic heterocycles. The van der Waals surface area contributed by atoms with E-state index in [2.05, 4.69) is 29.1 Å². The molecule has 0 radical (unpaired) electrons. The maximum atomic E-state index is 5.95. The van der Waals surface area contributed by atoms with Gasteiger partial charge in [0.1, 0.15) is 0 Å². The van der Waals surface area contributed by atoms with Gasteiger partial charge in [0, 0.05) is 23.5 Å². The molecule has 0 saturated heterocycles. The maximum Gasteiger partial charge on any atom is 0.188 e. The standard InChI is InChI=1S/C17H24N4O2S.HI/c1-11(16-19-9-12(2)24-16)8-20-17(18)21-10-13-5-6-14(22-3)15(7-13)23-4;/h5-7,9,11H,8,10H2,1-4H3,(H3,18,20,21);1H. The Morgan fingerprint density at radius 2 is 2.04 bits per heavy atom. The number of hydrogen-bond acceptors (Lipinski definition) is 5.